The molecular formula is C28H48N2O3. The molecule has 5 rings (SSSR count). The lowest BCUT2D eigenvalue weighted by atomic mass is 9.42. The Labute approximate surface area is 201 Å². The second kappa shape index (κ2) is 8.87. The molecule has 0 unspecified atom stereocenters. The summed E-state index contributed by atoms with van der Waals surface area (Å²) in [7, 11) is 2.17. The second-order valence-corrected chi connectivity index (χ2v) is 13.3. The van der Waals surface area contributed by atoms with Crippen molar-refractivity contribution in [3.63, 3.8) is 0 Å². The van der Waals surface area contributed by atoms with Crippen molar-refractivity contribution in [3.8, 4) is 0 Å². The molecule has 0 radical (unpaired) electrons. The minimum Gasteiger partial charge on any atom is -0.396 e. The fourth-order valence-corrected chi connectivity index (χ4v) is 9.81. The van der Waals surface area contributed by atoms with Gasteiger partial charge in [-0.15, -0.1) is 0 Å². The summed E-state index contributed by atoms with van der Waals surface area (Å²) in [5, 5.41) is 20.9. The van der Waals surface area contributed by atoms with Gasteiger partial charge in [0.05, 0.1) is 12.1 Å². The highest BCUT2D eigenvalue weighted by Crippen LogP contribution is 2.69. The molecule has 4 aliphatic carbocycles. The number of ketones is 1. The van der Waals surface area contributed by atoms with Crippen LogP contribution in [0.2, 0.25) is 0 Å². The number of piperazine rings is 1. The molecule has 1 saturated heterocycles. The average Bonchev–Trinajstić information content (AvgIpc) is 3.13. The lowest BCUT2D eigenvalue weighted by molar-refractivity contribution is -0.163. The normalized spacial score (nSPS) is 48.7. The van der Waals surface area contributed by atoms with Gasteiger partial charge in [-0.25, -0.2) is 0 Å². The van der Waals surface area contributed by atoms with Gasteiger partial charge in [-0.1, -0.05) is 6.92 Å². The highest BCUT2D eigenvalue weighted by Gasteiger charge is 2.62. The van der Waals surface area contributed by atoms with Crippen LogP contribution in [0.25, 0.3) is 0 Å². The third kappa shape index (κ3) is 4.13. The van der Waals surface area contributed by atoms with E-state index >= 15 is 0 Å². The standard InChI is InChI=1S/C28H48N2O3/c1-26(33)10-11-28(12-17-31)20(18-26)4-5-21-22-6-7-24(27(22,2)9-8-23(21)28)25(32)19-30-15-13-29(3)14-16-30/h20-24,31,33H,4-19H2,1-3H3/t20-,21-,22-,23-,24+,26+,27-,28+/m0/s1. The highest BCUT2D eigenvalue weighted by molar-refractivity contribution is 5.84. The Morgan fingerprint density at radius 2 is 1.70 bits per heavy atom. The molecule has 5 aliphatic rings. The molecule has 0 amide bonds. The third-order valence-electron chi connectivity index (χ3n) is 11.6. The van der Waals surface area contributed by atoms with Gasteiger partial charge in [0.25, 0.3) is 0 Å². The average molecular weight is 461 g/mol. The lowest BCUT2D eigenvalue weighted by Crippen LogP contribution is -2.57. The minimum absolute atomic E-state index is 0.165. The number of hydrogen-bond donors (Lipinski definition) is 2. The van der Waals surface area contributed by atoms with E-state index in [1.807, 2.05) is 6.92 Å². The number of hydrogen-bond acceptors (Lipinski definition) is 5. The van der Waals surface area contributed by atoms with E-state index in [1.54, 1.807) is 0 Å². The van der Waals surface area contributed by atoms with Crippen molar-refractivity contribution in [3.05, 3.63) is 0 Å². The highest BCUT2D eigenvalue weighted by atomic mass is 16.3. The molecule has 2 N–H and O–H groups in total. The Kier molecular flexibility index (Phi) is 6.51. The van der Waals surface area contributed by atoms with Gasteiger partial charge in [0.1, 0.15) is 5.78 Å². The Bertz CT molecular complexity index is 733. The summed E-state index contributed by atoms with van der Waals surface area (Å²) in [5.41, 5.74) is -0.158. The zero-order valence-corrected chi connectivity index (χ0v) is 21.4. The van der Waals surface area contributed by atoms with Crippen LogP contribution in [0.1, 0.15) is 78.1 Å². The molecule has 5 nitrogen and oxygen atoms in total. The van der Waals surface area contributed by atoms with Crippen LogP contribution in [0.4, 0.5) is 0 Å². The summed E-state index contributed by atoms with van der Waals surface area (Å²) in [5.74, 6) is 3.34. The second-order valence-electron chi connectivity index (χ2n) is 13.3. The molecule has 4 saturated carbocycles. The van der Waals surface area contributed by atoms with Crippen LogP contribution >= 0.6 is 0 Å². The number of rotatable bonds is 5. The van der Waals surface area contributed by atoms with Gasteiger partial charge < -0.3 is 15.1 Å². The largest absolute Gasteiger partial charge is 0.396 e. The van der Waals surface area contributed by atoms with E-state index in [0.29, 0.717) is 36.0 Å². The summed E-state index contributed by atoms with van der Waals surface area (Å²) in [6.07, 6.45) is 10.9. The first-order valence-corrected chi connectivity index (χ1v) is 14.0. The number of aliphatic hydroxyl groups excluding tert-OH is 1. The number of Topliss-reactive ketones (excluding diaryl/α,β-unsaturated/α-hetero) is 1. The van der Waals surface area contributed by atoms with Gasteiger partial charge in [-0.2, -0.15) is 0 Å². The van der Waals surface area contributed by atoms with Crippen LogP contribution < -0.4 is 0 Å². The van der Waals surface area contributed by atoms with Crippen LogP contribution in [0.5, 0.6) is 0 Å². The number of carbonyl (C=O) groups is 1. The maximum atomic E-state index is 13.6. The van der Waals surface area contributed by atoms with E-state index < -0.39 is 5.60 Å². The first kappa shape index (κ1) is 24.2. The SMILES string of the molecule is CN1CCN(CC(=O)[C@H]2CC[C@H]3[C@@H]4CC[C@H]5C[C@](C)(O)CC[C@]5(CCO)[C@H]4CC[C@]23C)CC1. The minimum atomic E-state index is -0.534. The zero-order chi connectivity index (χ0) is 23.4. The molecule has 0 bridgehead atoms. The molecule has 5 fully saturated rings. The van der Waals surface area contributed by atoms with E-state index in [-0.39, 0.29) is 23.4 Å². The van der Waals surface area contributed by atoms with E-state index in [1.165, 1.54) is 32.1 Å². The molecule has 0 aromatic heterocycles. The monoisotopic (exact) mass is 460 g/mol. The van der Waals surface area contributed by atoms with Gasteiger partial charge >= 0.3 is 0 Å². The first-order chi connectivity index (χ1) is 15.7. The number of aliphatic hydroxyl groups is 2. The summed E-state index contributed by atoms with van der Waals surface area (Å²) < 4.78 is 0. The fraction of sp³-hybridized carbons (Fsp3) is 0.964. The van der Waals surface area contributed by atoms with Crippen molar-refractivity contribution in [2.45, 2.75) is 83.7 Å². The number of nitrogens with zero attached hydrogens (tertiary/aromatic N) is 2. The van der Waals surface area contributed by atoms with E-state index in [9.17, 15) is 15.0 Å². The maximum Gasteiger partial charge on any atom is 0.150 e. The van der Waals surface area contributed by atoms with Crippen LogP contribution in [-0.4, -0.2) is 77.8 Å². The predicted octanol–water partition coefficient (Wildman–Crippen LogP) is 3.58. The molecule has 1 aliphatic heterocycles. The number of carbonyl (C=O) groups excluding carboxylic acids is 1. The van der Waals surface area contributed by atoms with E-state index in [4.69, 9.17) is 0 Å². The zero-order valence-electron chi connectivity index (χ0n) is 21.4. The maximum absolute atomic E-state index is 13.6. The molecule has 0 aromatic carbocycles. The van der Waals surface area contributed by atoms with Crippen molar-refractivity contribution in [2.75, 3.05) is 46.4 Å². The van der Waals surface area contributed by atoms with Crippen molar-refractivity contribution < 1.29 is 15.0 Å². The molecule has 8 atom stereocenters. The van der Waals surface area contributed by atoms with Gasteiger partial charge in [0, 0.05) is 38.7 Å². The van der Waals surface area contributed by atoms with Crippen LogP contribution in [0.3, 0.4) is 0 Å². The molecular weight excluding hydrogens is 412 g/mol. The summed E-state index contributed by atoms with van der Waals surface area (Å²) in [6, 6.07) is 0. The van der Waals surface area contributed by atoms with Crippen molar-refractivity contribution in [2.24, 2.45) is 40.4 Å². The predicted molar refractivity (Wildman–Crippen MR) is 131 cm³/mol. The Hall–Kier alpha value is -0.490. The van der Waals surface area contributed by atoms with Crippen molar-refractivity contribution in [1.82, 2.24) is 9.80 Å². The van der Waals surface area contributed by atoms with E-state index in [0.717, 1.165) is 58.3 Å². The van der Waals surface area contributed by atoms with Gasteiger partial charge in [-0.05, 0) is 113 Å². The summed E-state index contributed by atoms with van der Waals surface area (Å²) in [6.45, 7) is 9.60. The van der Waals surface area contributed by atoms with E-state index in [2.05, 4.69) is 23.8 Å². The Morgan fingerprint density at radius 3 is 2.42 bits per heavy atom. The van der Waals surface area contributed by atoms with Crippen molar-refractivity contribution >= 4 is 5.78 Å². The van der Waals surface area contributed by atoms with Crippen LogP contribution in [0.15, 0.2) is 0 Å². The molecule has 188 valence electrons. The molecule has 0 aromatic rings. The third-order valence-corrected chi connectivity index (χ3v) is 11.6. The Morgan fingerprint density at radius 1 is 0.939 bits per heavy atom. The lowest BCUT2D eigenvalue weighted by Gasteiger charge is -2.63. The van der Waals surface area contributed by atoms with Crippen molar-refractivity contribution in [1.29, 1.82) is 0 Å². The van der Waals surface area contributed by atoms with Gasteiger partial charge in [0.2, 0.25) is 0 Å². The topological polar surface area (TPSA) is 64.0 Å². The summed E-state index contributed by atoms with van der Waals surface area (Å²) in [4.78, 5) is 18.3. The molecule has 5 heteroatoms. The molecule has 33 heavy (non-hydrogen) atoms. The molecule has 0 spiro atoms. The quantitative estimate of drug-likeness (QED) is 0.657. The van der Waals surface area contributed by atoms with Crippen LogP contribution in [-0.2, 0) is 4.79 Å². The smallest absolute Gasteiger partial charge is 0.150 e. The van der Waals surface area contributed by atoms with Crippen LogP contribution in [0, 0.1) is 40.4 Å². The fourth-order valence-electron chi connectivity index (χ4n) is 9.81. The van der Waals surface area contributed by atoms with Gasteiger partial charge in [-0.3, -0.25) is 9.69 Å². The first-order valence-electron chi connectivity index (χ1n) is 14.0. The van der Waals surface area contributed by atoms with Gasteiger partial charge in [0.15, 0.2) is 0 Å². The Balaban J connectivity index is 1.32. The number of likely N-dealkylation sites (N-methyl/N-ethyl adjacent to an activating group) is 1. The molecule has 1 heterocycles. The summed E-state index contributed by atoms with van der Waals surface area (Å²) >= 11 is 0. The number of fused-ring (bicyclic) bond motifs is 5.